The van der Waals surface area contributed by atoms with Crippen molar-refractivity contribution in [2.45, 2.75) is 24.1 Å². The smallest absolute Gasteiger partial charge is 0.408 e. The van der Waals surface area contributed by atoms with Crippen LogP contribution in [0.3, 0.4) is 0 Å². The van der Waals surface area contributed by atoms with E-state index in [4.69, 9.17) is 4.74 Å². The number of fused-ring (bicyclic) bond motifs is 1. The molecular formula is C25H22N4O10S. The highest BCUT2D eigenvalue weighted by atomic mass is 32.2. The molecule has 208 valence electrons. The number of nitrogens with one attached hydrogen (secondary N) is 2. The van der Waals surface area contributed by atoms with E-state index in [0.29, 0.717) is 11.1 Å². The fourth-order valence-corrected chi connectivity index (χ4v) is 5.43. The van der Waals surface area contributed by atoms with Crippen molar-refractivity contribution in [2.75, 3.05) is 12.9 Å². The summed E-state index contributed by atoms with van der Waals surface area (Å²) in [6.07, 6.45) is -0.963. The standard InChI is InChI=1S/C25H22N4O10S/c1-38-24(34)16-12-40-22-18(21(31)28(22)19(16)23(32)33)26-20(30)17(14-5-3-2-4-6-14)27-25(35)39-11-13-7-9-15(10-8-13)29(36)37/h2-10,17-18,22H,11-12H2,1H3,(H,26,30)(H,27,35)(H,32,33)/t17?,18?,22-/m0/s1. The molecule has 0 radical (unpaired) electrons. The van der Waals surface area contributed by atoms with E-state index in [2.05, 4.69) is 15.4 Å². The van der Waals surface area contributed by atoms with Gasteiger partial charge in [0.2, 0.25) is 5.91 Å². The normalized spacial score (nSPS) is 18.5. The molecule has 2 aliphatic heterocycles. The van der Waals surface area contributed by atoms with Crippen LogP contribution in [0.2, 0.25) is 0 Å². The number of amides is 3. The number of nitrogens with zero attached hydrogens (tertiary/aromatic N) is 2. The minimum absolute atomic E-state index is 0.0511. The van der Waals surface area contributed by atoms with E-state index in [1.54, 1.807) is 30.3 Å². The van der Waals surface area contributed by atoms with Gasteiger partial charge < -0.3 is 25.2 Å². The number of carboxylic acid groups (broad SMARTS) is 1. The molecule has 4 rings (SSSR count). The van der Waals surface area contributed by atoms with E-state index >= 15 is 0 Å². The Morgan fingerprint density at radius 2 is 1.82 bits per heavy atom. The third kappa shape index (κ3) is 5.73. The lowest BCUT2D eigenvalue weighted by molar-refractivity contribution is -0.384. The van der Waals surface area contributed by atoms with E-state index in [-0.39, 0.29) is 23.6 Å². The van der Waals surface area contributed by atoms with Crippen LogP contribution in [0.5, 0.6) is 0 Å². The highest BCUT2D eigenvalue weighted by molar-refractivity contribution is 8.00. The number of thioether (sulfide) groups is 1. The topological polar surface area (TPSA) is 194 Å². The van der Waals surface area contributed by atoms with Crippen LogP contribution in [-0.2, 0) is 35.3 Å². The number of carbonyl (C=O) groups is 5. The van der Waals surface area contributed by atoms with Gasteiger partial charge in [0.05, 0.1) is 17.6 Å². The van der Waals surface area contributed by atoms with E-state index in [0.717, 1.165) is 23.8 Å². The molecule has 2 unspecified atom stereocenters. The Hall–Kier alpha value is -4.92. The maximum atomic E-state index is 13.3. The molecule has 3 amide bonds. The van der Waals surface area contributed by atoms with Gasteiger partial charge in [0.1, 0.15) is 29.8 Å². The summed E-state index contributed by atoms with van der Waals surface area (Å²) in [5.74, 6) is -3.90. The lowest BCUT2D eigenvalue weighted by atomic mass is 10.0. The third-order valence-electron chi connectivity index (χ3n) is 6.07. The number of β-lactam (4-membered cyclic amide) rings is 1. The Kier molecular flexibility index (Phi) is 8.33. The number of nitro groups is 1. The molecule has 0 saturated carbocycles. The number of aliphatic carboxylic acids is 1. The van der Waals surface area contributed by atoms with Crippen molar-refractivity contribution in [3.8, 4) is 0 Å². The zero-order valence-electron chi connectivity index (χ0n) is 20.8. The first-order valence-electron chi connectivity index (χ1n) is 11.6. The number of nitro benzene ring substituents is 1. The van der Waals surface area contributed by atoms with Crippen molar-refractivity contribution >= 4 is 47.3 Å². The van der Waals surface area contributed by atoms with E-state index < -0.39 is 57.9 Å². The van der Waals surface area contributed by atoms with Crippen LogP contribution >= 0.6 is 11.8 Å². The van der Waals surface area contributed by atoms with Crippen molar-refractivity contribution in [3.05, 3.63) is 87.1 Å². The summed E-state index contributed by atoms with van der Waals surface area (Å²) < 4.78 is 9.80. The van der Waals surface area contributed by atoms with Gasteiger partial charge in [-0.3, -0.25) is 24.6 Å². The van der Waals surface area contributed by atoms with Gasteiger partial charge in [0, 0.05) is 17.9 Å². The summed E-state index contributed by atoms with van der Waals surface area (Å²) in [5, 5.41) is 24.6. The van der Waals surface area contributed by atoms with Crippen LogP contribution in [0.4, 0.5) is 10.5 Å². The molecule has 3 atom stereocenters. The quantitative estimate of drug-likeness (QED) is 0.171. The Balaban J connectivity index is 1.45. The Labute approximate surface area is 230 Å². The van der Waals surface area contributed by atoms with Crippen LogP contribution in [0.15, 0.2) is 65.9 Å². The summed E-state index contributed by atoms with van der Waals surface area (Å²) in [6.45, 7) is -0.228. The molecule has 15 heteroatoms. The molecule has 2 aromatic carbocycles. The molecule has 40 heavy (non-hydrogen) atoms. The molecule has 1 fully saturated rings. The van der Waals surface area contributed by atoms with Gasteiger partial charge >= 0.3 is 18.0 Å². The molecule has 2 heterocycles. The number of hydrogen-bond donors (Lipinski definition) is 3. The molecule has 0 spiro atoms. The summed E-state index contributed by atoms with van der Waals surface area (Å²) in [6, 6.07) is 11.1. The first-order chi connectivity index (χ1) is 19.1. The van der Waals surface area contributed by atoms with Gasteiger partial charge in [-0.1, -0.05) is 30.3 Å². The second-order valence-electron chi connectivity index (χ2n) is 8.51. The van der Waals surface area contributed by atoms with Crippen LogP contribution in [0, 0.1) is 10.1 Å². The van der Waals surface area contributed by atoms with Crippen molar-refractivity contribution in [3.63, 3.8) is 0 Å². The van der Waals surface area contributed by atoms with Crippen molar-refractivity contribution in [1.82, 2.24) is 15.5 Å². The Morgan fingerprint density at radius 3 is 2.42 bits per heavy atom. The first-order valence-corrected chi connectivity index (χ1v) is 12.7. The number of carboxylic acids is 1. The summed E-state index contributed by atoms with van der Waals surface area (Å²) in [5.41, 5.74) is 0.0604. The molecule has 1 saturated heterocycles. The van der Waals surface area contributed by atoms with E-state index in [1.807, 2.05) is 0 Å². The minimum Gasteiger partial charge on any atom is -0.477 e. The number of hydrogen-bond acceptors (Lipinski definition) is 10. The largest absolute Gasteiger partial charge is 0.477 e. The van der Waals surface area contributed by atoms with Crippen molar-refractivity contribution in [2.24, 2.45) is 0 Å². The molecule has 14 nitrogen and oxygen atoms in total. The summed E-state index contributed by atoms with van der Waals surface area (Å²) >= 11 is 1.08. The van der Waals surface area contributed by atoms with Gasteiger partial charge in [0.15, 0.2) is 0 Å². The molecule has 3 N–H and O–H groups in total. The third-order valence-corrected chi connectivity index (χ3v) is 7.35. The Bertz CT molecular complexity index is 1400. The summed E-state index contributed by atoms with van der Waals surface area (Å²) in [7, 11) is 1.10. The number of benzene rings is 2. The zero-order chi connectivity index (χ0) is 29.0. The van der Waals surface area contributed by atoms with Gasteiger partial charge in [-0.2, -0.15) is 0 Å². The average Bonchev–Trinajstić information content (AvgIpc) is 2.96. The van der Waals surface area contributed by atoms with Gasteiger partial charge in [-0.15, -0.1) is 11.8 Å². The Morgan fingerprint density at radius 1 is 1.15 bits per heavy atom. The van der Waals surface area contributed by atoms with Crippen molar-refractivity contribution < 1.29 is 43.5 Å². The van der Waals surface area contributed by atoms with Gasteiger partial charge in [-0.05, 0) is 23.3 Å². The molecular weight excluding hydrogens is 548 g/mol. The number of non-ortho nitro benzene ring substituents is 1. The molecule has 0 bridgehead atoms. The molecule has 2 aliphatic rings. The monoisotopic (exact) mass is 570 g/mol. The second kappa shape index (κ2) is 11.9. The zero-order valence-corrected chi connectivity index (χ0v) is 21.6. The van der Waals surface area contributed by atoms with Crippen LogP contribution in [-0.4, -0.2) is 69.1 Å². The predicted molar refractivity (Wildman–Crippen MR) is 137 cm³/mol. The highest BCUT2D eigenvalue weighted by Crippen LogP contribution is 2.40. The molecule has 2 aromatic rings. The van der Waals surface area contributed by atoms with Crippen LogP contribution < -0.4 is 10.6 Å². The molecule has 0 aromatic heterocycles. The number of alkyl carbamates (subject to hydrolysis) is 1. The molecule has 0 aliphatic carbocycles. The highest BCUT2D eigenvalue weighted by Gasteiger charge is 2.55. The number of methoxy groups -OCH3 is 1. The van der Waals surface area contributed by atoms with Gasteiger partial charge in [0.25, 0.3) is 11.6 Å². The fraction of sp³-hybridized carbons (Fsp3) is 0.240. The number of ether oxygens (including phenoxy) is 2. The second-order valence-corrected chi connectivity index (χ2v) is 9.61. The van der Waals surface area contributed by atoms with E-state index in [1.165, 1.54) is 24.3 Å². The fourth-order valence-electron chi connectivity index (χ4n) is 4.10. The maximum absolute atomic E-state index is 13.3. The predicted octanol–water partition coefficient (Wildman–Crippen LogP) is 1.47. The first kappa shape index (κ1) is 28.1. The number of esters is 1. The maximum Gasteiger partial charge on any atom is 0.408 e. The van der Waals surface area contributed by atoms with Crippen molar-refractivity contribution in [1.29, 1.82) is 0 Å². The summed E-state index contributed by atoms with van der Waals surface area (Å²) in [4.78, 5) is 73.8. The average molecular weight is 571 g/mol. The van der Waals surface area contributed by atoms with Gasteiger partial charge in [-0.25, -0.2) is 14.4 Å². The van der Waals surface area contributed by atoms with E-state index in [9.17, 15) is 39.2 Å². The van der Waals surface area contributed by atoms with Crippen LogP contribution in [0.1, 0.15) is 17.2 Å². The lowest BCUT2D eigenvalue weighted by Crippen LogP contribution is -2.71. The van der Waals surface area contributed by atoms with Crippen LogP contribution in [0.25, 0.3) is 0 Å². The number of carbonyl (C=O) groups excluding carboxylic acids is 4. The minimum atomic E-state index is -1.48. The number of rotatable bonds is 9. The lowest BCUT2D eigenvalue weighted by Gasteiger charge is -2.49. The SMILES string of the molecule is COC(=O)C1=C(C(=O)O)N2C(=O)C(NC(=O)C(NC(=O)OCc3ccc([N+](=O)[O-])cc3)c3ccccc3)[C@@H]2SC1.